The van der Waals surface area contributed by atoms with Crippen molar-refractivity contribution in [3.05, 3.63) is 11.6 Å². The van der Waals surface area contributed by atoms with Crippen molar-refractivity contribution in [2.75, 3.05) is 26.8 Å². The highest BCUT2D eigenvalue weighted by Gasteiger charge is 2.25. The van der Waals surface area contributed by atoms with E-state index in [0.29, 0.717) is 12.0 Å². The van der Waals surface area contributed by atoms with Gasteiger partial charge in [0.25, 0.3) is 0 Å². The molecular formula is C11H21NO. The number of nitrogens with zero attached hydrogens (tertiary/aromatic N) is 1. The van der Waals surface area contributed by atoms with Gasteiger partial charge >= 0.3 is 0 Å². The first kappa shape index (κ1) is 10.7. The molecule has 0 aromatic heterocycles. The van der Waals surface area contributed by atoms with Gasteiger partial charge < -0.3 is 4.74 Å². The quantitative estimate of drug-likeness (QED) is 0.617. The van der Waals surface area contributed by atoms with Gasteiger partial charge in [-0.25, -0.2) is 0 Å². The highest BCUT2D eigenvalue weighted by atomic mass is 16.5. The number of hydrogen-bond donors (Lipinski definition) is 0. The van der Waals surface area contributed by atoms with E-state index in [2.05, 4.69) is 31.9 Å². The summed E-state index contributed by atoms with van der Waals surface area (Å²) < 4.78 is 5.49. The predicted octanol–water partition coefficient (Wildman–Crippen LogP) is 1.92. The first-order valence-electron chi connectivity index (χ1n) is 5.14. The summed E-state index contributed by atoms with van der Waals surface area (Å²) in [6.07, 6.45) is 2.34. The molecule has 13 heavy (non-hydrogen) atoms. The lowest BCUT2D eigenvalue weighted by atomic mass is 9.98. The van der Waals surface area contributed by atoms with Gasteiger partial charge in [0.05, 0.1) is 12.6 Å². The van der Waals surface area contributed by atoms with Gasteiger partial charge in [0.1, 0.15) is 0 Å². The molecular weight excluding hydrogens is 162 g/mol. The molecule has 2 nitrogen and oxygen atoms in total. The Hall–Kier alpha value is -0.340. The van der Waals surface area contributed by atoms with E-state index in [9.17, 15) is 0 Å². The van der Waals surface area contributed by atoms with Crippen molar-refractivity contribution in [2.24, 2.45) is 5.92 Å². The first-order valence-corrected chi connectivity index (χ1v) is 5.14. The Balaban J connectivity index is 2.52. The standard InChI is InChI=1S/C11H21NO/c1-5-13-8-11-10(9(2)3)6-7-12(11)4/h6,9,11H,5,7-8H2,1-4H3. The summed E-state index contributed by atoms with van der Waals surface area (Å²) in [6, 6.07) is 0.514. The van der Waals surface area contributed by atoms with Crippen LogP contribution in [0.15, 0.2) is 11.6 Å². The van der Waals surface area contributed by atoms with Gasteiger partial charge in [-0.1, -0.05) is 25.5 Å². The van der Waals surface area contributed by atoms with Crippen molar-refractivity contribution >= 4 is 0 Å². The Kier molecular flexibility index (Phi) is 3.94. The monoisotopic (exact) mass is 183 g/mol. The lowest BCUT2D eigenvalue weighted by Crippen LogP contribution is -2.33. The van der Waals surface area contributed by atoms with Crippen molar-refractivity contribution in [3.8, 4) is 0 Å². The highest BCUT2D eigenvalue weighted by Crippen LogP contribution is 2.23. The second-order valence-corrected chi connectivity index (χ2v) is 3.97. The molecule has 0 fully saturated rings. The third-order valence-corrected chi connectivity index (χ3v) is 2.68. The van der Waals surface area contributed by atoms with Gasteiger partial charge in [-0.3, -0.25) is 4.90 Å². The molecule has 0 spiro atoms. The molecule has 0 N–H and O–H groups in total. The molecule has 0 saturated heterocycles. The van der Waals surface area contributed by atoms with Gasteiger partial charge in [-0.05, 0) is 19.9 Å². The molecule has 0 saturated carbocycles. The zero-order valence-electron chi connectivity index (χ0n) is 9.21. The van der Waals surface area contributed by atoms with Crippen LogP contribution in [0.5, 0.6) is 0 Å². The summed E-state index contributed by atoms with van der Waals surface area (Å²) >= 11 is 0. The van der Waals surface area contributed by atoms with Crippen LogP contribution in [0, 0.1) is 5.92 Å². The minimum atomic E-state index is 0.514. The first-order chi connectivity index (χ1) is 6.16. The van der Waals surface area contributed by atoms with Gasteiger partial charge in [-0.2, -0.15) is 0 Å². The van der Waals surface area contributed by atoms with Crippen LogP contribution in [0.3, 0.4) is 0 Å². The second kappa shape index (κ2) is 4.77. The van der Waals surface area contributed by atoms with Crippen LogP contribution in [0.2, 0.25) is 0 Å². The molecule has 0 aliphatic carbocycles. The second-order valence-electron chi connectivity index (χ2n) is 3.97. The van der Waals surface area contributed by atoms with Crippen molar-refractivity contribution in [1.29, 1.82) is 0 Å². The maximum Gasteiger partial charge on any atom is 0.0660 e. The maximum absolute atomic E-state index is 5.49. The van der Waals surface area contributed by atoms with Crippen LogP contribution >= 0.6 is 0 Å². The molecule has 2 heteroatoms. The molecule has 0 radical (unpaired) electrons. The van der Waals surface area contributed by atoms with E-state index < -0.39 is 0 Å². The van der Waals surface area contributed by atoms with Crippen LogP contribution in [-0.2, 0) is 4.74 Å². The van der Waals surface area contributed by atoms with E-state index in [1.54, 1.807) is 0 Å². The van der Waals surface area contributed by atoms with E-state index in [1.165, 1.54) is 5.57 Å². The fourth-order valence-electron chi connectivity index (χ4n) is 1.84. The summed E-state index contributed by atoms with van der Waals surface area (Å²) in [4.78, 5) is 2.35. The van der Waals surface area contributed by atoms with Crippen molar-refractivity contribution in [2.45, 2.75) is 26.8 Å². The molecule has 76 valence electrons. The Morgan fingerprint density at radius 3 is 2.85 bits per heavy atom. The topological polar surface area (TPSA) is 12.5 Å². The molecule has 1 rings (SSSR count). The summed E-state index contributed by atoms with van der Waals surface area (Å²) in [5, 5.41) is 0. The average Bonchev–Trinajstić information content (AvgIpc) is 2.43. The van der Waals surface area contributed by atoms with E-state index >= 15 is 0 Å². The Labute approximate surface area is 81.6 Å². The zero-order valence-corrected chi connectivity index (χ0v) is 9.21. The highest BCUT2D eigenvalue weighted by molar-refractivity contribution is 5.19. The van der Waals surface area contributed by atoms with Gasteiger partial charge in [0, 0.05) is 13.2 Å². The van der Waals surface area contributed by atoms with E-state index in [0.717, 1.165) is 19.8 Å². The van der Waals surface area contributed by atoms with Crippen LogP contribution in [0.25, 0.3) is 0 Å². The maximum atomic E-state index is 5.49. The van der Waals surface area contributed by atoms with E-state index in [-0.39, 0.29) is 0 Å². The van der Waals surface area contributed by atoms with Gasteiger partial charge in [0.2, 0.25) is 0 Å². The lowest BCUT2D eigenvalue weighted by molar-refractivity contribution is 0.0996. The fraction of sp³-hybridized carbons (Fsp3) is 0.818. The molecule has 1 aliphatic rings. The Morgan fingerprint density at radius 1 is 1.62 bits per heavy atom. The molecule has 0 aromatic rings. The van der Waals surface area contributed by atoms with E-state index in [4.69, 9.17) is 4.74 Å². The Bertz CT molecular complexity index is 187. The number of hydrogen-bond acceptors (Lipinski definition) is 2. The van der Waals surface area contributed by atoms with Crippen LogP contribution in [-0.4, -0.2) is 37.7 Å². The number of likely N-dealkylation sites (N-methyl/N-ethyl adjacent to an activating group) is 1. The zero-order chi connectivity index (χ0) is 9.84. The molecule has 0 aromatic carbocycles. The predicted molar refractivity (Wildman–Crippen MR) is 55.8 cm³/mol. The summed E-state index contributed by atoms with van der Waals surface area (Å²) in [6.45, 7) is 9.29. The molecule has 1 heterocycles. The average molecular weight is 183 g/mol. The minimum Gasteiger partial charge on any atom is -0.380 e. The van der Waals surface area contributed by atoms with Gasteiger partial charge in [0.15, 0.2) is 0 Å². The number of ether oxygens (including phenoxy) is 1. The molecule has 0 bridgehead atoms. The third kappa shape index (κ3) is 2.55. The fourth-order valence-corrected chi connectivity index (χ4v) is 1.84. The SMILES string of the molecule is CCOCC1C(C(C)C)=CCN1C. The smallest absolute Gasteiger partial charge is 0.0660 e. The van der Waals surface area contributed by atoms with Crippen LogP contribution < -0.4 is 0 Å². The normalized spacial score (nSPS) is 24.1. The van der Waals surface area contributed by atoms with Gasteiger partial charge in [-0.15, -0.1) is 0 Å². The molecule has 1 atom stereocenters. The molecule has 1 unspecified atom stereocenters. The van der Waals surface area contributed by atoms with Crippen LogP contribution in [0.4, 0.5) is 0 Å². The molecule has 0 amide bonds. The number of rotatable bonds is 4. The third-order valence-electron chi connectivity index (χ3n) is 2.68. The summed E-state index contributed by atoms with van der Waals surface area (Å²) in [5.74, 6) is 0.649. The Morgan fingerprint density at radius 2 is 2.31 bits per heavy atom. The van der Waals surface area contributed by atoms with Crippen molar-refractivity contribution in [3.63, 3.8) is 0 Å². The largest absolute Gasteiger partial charge is 0.380 e. The lowest BCUT2D eigenvalue weighted by Gasteiger charge is -2.24. The summed E-state index contributed by atoms with van der Waals surface area (Å²) in [7, 11) is 2.16. The van der Waals surface area contributed by atoms with Crippen molar-refractivity contribution in [1.82, 2.24) is 4.90 Å². The van der Waals surface area contributed by atoms with Crippen molar-refractivity contribution < 1.29 is 4.74 Å². The van der Waals surface area contributed by atoms with Crippen LogP contribution in [0.1, 0.15) is 20.8 Å². The molecule has 1 aliphatic heterocycles. The van der Waals surface area contributed by atoms with E-state index in [1.807, 2.05) is 6.92 Å². The summed E-state index contributed by atoms with van der Waals surface area (Å²) in [5.41, 5.74) is 1.54. The minimum absolute atomic E-state index is 0.514.